The van der Waals surface area contributed by atoms with Gasteiger partial charge in [0, 0.05) is 0 Å². The smallest absolute Gasteiger partial charge is 0.200 e. The van der Waals surface area contributed by atoms with E-state index >= 15 is 0 Å². The average Bonchev–Trinajstić information content (AvgIpc) is 2.94. The Kier molecular flexibility index (Phi) is 10.4. The minimum absolute atomic E-state index is 0.0197. The summed E-state index contributed by atoms with van der Waals surface area (Å²) >= 11 is 0. The number of benzene rings is 2. The number of aryl methyl sites for hydroxylation is 1. The van der Waals surface area contributed by atoms with E-state index in [0.29, 0.717) is 24.0 Å². The van der Waals surface area contributed by atoms with E-state index in [1.807, 2.05) is 6.08 Å². The minimum Gasteiger partial charge on any atom is -0.491 e. The molecule has 4 rings (SSSR count). The summed E-state index contributed by atoms with van der Waals surface area (Å²) in [7, 11) is 0. The fourth-order valence-electron chi connectivity index (χ4n) is 6.38. The Morgan fingerprint density at radius 3 is 2.22 bits per heavy atom. The summed E-state index contributed by atoms with van der Waals surface area (Å²) in [5.74, 6) is 0.715. The molecule has 0 N–H and O–H groups in total. The van der Waals surface area contributed by atoms with Crippen molar-refractivity contribution in [2.75, 3.05) is 6.61 Å². The lowest BCUT2D eigenvalue weighted by Gasteiger charge is -2.29. The SMILES string of the molecule is C=CCCc1ccc(C2CCC(C=CCCC3CCC(c4ccc(OCC)c(F)c4F)CC3)CC2)cc1. The molecule has 2 saturated carbocycles. The van der Waals surface area contributed by atoms with Crippen molar-refractivity contribution in [1.29, 1.82) is 0 Å². The maximum Gasteiger partial charge on any atom is 0.200 e. The van der Waals surface area contributed by atoms with E-state index in [1.54, 1.807) is 19.1 Å². The summed E-state index contributed by atoms with van der Waals surface area (Å²) in [6.45, 7) is 5.93. The van der Waals surface area contributed by atoms with Crippen LogP contribution in [0.5, 0.6) is 5.75 Å². The molecule has 200 valence electrons. The molecule has 0 bridgehead atoms. The Hall–Kier alpha value is -2.42. The van der Waals surface area contributed by atoms with Crippen molar-refractivity contribution < 1.29 is 13.5 Å². The first kappa shape index (κ1) is 27.6. The fraction of sp³-hybridized carbons (Fsp3) is 0.529. The van der Waals surface area contributed by atoms with Gasteiger partial charge in [-0.05, 0) is 130 Å². The molecule has 0 spiro atoms. The van der Waals surface area contributed by atoms with Crippen LogP contribution in [0.1, 0.15) is 106 Å². The van der Waals surface area contributed by atoms with Crippen molar-refractivity contribution in [3.8, 4) is 5.75 Å². The minimum atomic E-state index is -0.835. The Morgan fingerprint density at radius 2 is 1.54 bits per heavy atom. The predicted octanol–water partition coefficient (Wildman–Crippen LogP) is 10.1. The van der Waals surface area contributed by atoms with Crippen LogP contribution in [0.4, 0.5) is 8.78 Å². The van der Waals surface area contributed by atoms with Gasteiger partial charge in [-0.25, -0.2) is 4.39 Å². The van der Waals surface area contributed by atoms with Crippen molar-refractivity contribution in [1.82, 2.24) is 0 Å². The van der Waals surface area contributed by atoms with Crippen LogP contribution < -0.4 is 4.74 Å². The van der Waals surface area contributed by atoms with E-state index in [4.69, 9.17) is 4.74 Å². The quantitative estimate of drug-likeness (QED) is 0.275. The molecule has 0 aliphatic heterocycles. The second-order valence-electron chi connectivity index (χ2n) is 11.1. The maximum absolute atomic E-state index is 14.6. The molecule has 0 aromatic heterocycles. The number of ether oxygens (including phenoxy) is 1. The van der Waals surface area contributed by atoms with Gasteiger partial charge in [-0.3, -0.25) is 0 Å². The Labute approximate surface area is 223 Å². The van der Waals surface area contributed by atoms with Gasteiger partial charge in [0.15, 0.2) is 11.6 Å². The van der Waals surface area contributed by atoms with Gasteiger partial charge in [0.25, 0.3) is 0 Å². The molecule has 0 heterocycles. The van der Waals surface area contributed by atoms with Crippen molar-refractivity contribution >= 4 is 0 Å². The van der Waals surface area contributed by atoms with Crippen LogP contribution in [0.3, 0.4) is 0 Å². The molecule has 0 unspecified atom stereocenters. The van der Waals surface area contributed by atoms with Crippen molar-refractivity contribution in [3.05, 3.63) is 89.5 Å². The topological polar surface area (TPSA) is 9.23 Å². The maximum atomic E-state index is 14.6. The molecule has 37 heavy (non-hydrogen) atoms. The molecule has 0 saturated heterocycles. The van der Waals surface area contributed by atoms with Crippen LogP contribution in [0, 0.1) is 23.5 Å². The summed E-state index contributed by atoms with van der Waals surface area (Å²) in [5, 5.41) is 0. The standard InChI is InChI=1S/C34H44F2O/c1-3-5-8-25-11-17-28(18-12-25)29-19-13-26(14-20-29)9-6-7-10-27-15-21-30(22-16-27)31-23-24-32(37-4-2)34(36)33(31)35/h3,6,9,11-12,17-18,23-24,26-27,29-30H,1,4-5,7-8,10,13-16,19-22H2,2H3. The van der Waals surface area contributed by atoms with E-state index < -0.39 is 11.6 Å². The number of rotatable bonds is 11. The number of allylic oxidation sites excluding steroid dienone is 3. The summed E-state index contributed by atoms with van der Waals surface area (Å²) in [6, 6.07) is 12.6. The molecule has 0 atom stereocenters. The van der Waals surface area contributed by atoms with Crippen LogP contribution in [-0.4, -0.2) is 6.61 Å². The molecule has 2 aromatic carbocycles. The second-order valence-corrected chi connectivity index (χ2v) is 11.1. The van der Waals surface area contributed by atoms with Gasteiger partial charge >= 0.3 is 0 Å². The van der Waals surface area contributed by atoms with Crippen molar-refractivity contribution in [2.45, 2.75) is 95.8 Å². The van der Waals surface area contributed by atoms with Crippen molar-refractivity contribution in [2.24, 2.45) is 11.8 Å². The zero-order chi connectivity index (χ0) is 26.0. The summed E-state index contributed by atoms with van der Waals surface area (Å²) in [6.07, 6.45) is 20.6. The largest absolute Gasteiger partial charge is 0.491 e. The highest BCUT2D eigenvalue weighted by Crippen LogP contribution is 2.40. The Balaban J connectivity index is 1.15. The van der Waals surface area contributed by atoms with Gasteiger partial charge in [0.1, 0.15) is 0 Å². The number of halogens is 2. The summed E-state index contributed by atoms with van der Waals surface area (Å²) in [4.78, 5) is 0. The predicted molar refractivity (Wildman–Crippen MR) is 150 cm³/mol. The summed E-state index contributed by atoms with van der Waals surface area (Å²) < 4.78 is 34.1. The molecule has 0 amide bonds. The van der Waals surface area contributed by atoms with Gasteiger partial charge in [0.2, 0.25) is 5.82 Å². The molecule has 2 aliphatic carbocycles. The molecule has 1 nitrogen and oxygen atoms in total. The first-order chi connectivity index (χ1) is 18.1. The zero-order valence-corrected chi connectivity index (χ0v) is 22.6. The van der Waals surface area contributed by atoms with Crippen LogP contribution in [-0.2, 0) is 6.42 Å². The monoisotopic (exact) mass is 506 g/mol. The van der Waals surface area contributed by atoms with Crippen LogP contribution in [0.25, 0.3) is 0 Å². The highest BCUT2D eigenvalue weighted by Gasteiger charge is 2.26. The van der Waals surface area contributed by atoms with Crippen LogP contribution in [0.15, 0.2) is 61.2 Å². The van der Waals surface area contributed by atoms with Gasteiger partial charge in [-0.2, -0.15) is 4.39 Å². The van der Waals surface area contributed by atoms with Gasteiger partial charge in [-0.15, -0.1) is 6.58 Å². The van der Waals surface area contributed by atoms with Gasteiger partial charge in [-0.1, -0.05) is 48.6 Å². The fourth-order valence-corrected chi connectivity index (χ4v) is 6.38. The number of hydrogen-bond acceptors (Lipinski definition) is 1. The molecule has 3 heteroatoms. The molecular formula is C34H44F2O. The third-order valence-corrected chi connectivity index (χ3v) is 8.67. The lowest BCUT2D eigenvalue weighted by atomic mass is 9.76. The Morgan fingerprint density at radius 1 is 0.838 bits per heavy atom. The molecule has 2 aliphatic rings. The van der Waals surface area contributed by atoms with E-state index in [9.17, 15) is 8.78 Å². The van der Waals surface area contributed by atoms with E-state index in [1.165, 1.54) is 43.2 Å². The van der Waals surface area contributed by atoms with Crippen LogP contribution in [0.2, 0.25) is 0 Å². The van der Waals surface area contributed by atoms with E-state index in [-0.39, 0.29) is 11.7 Å². The van der Waals surface area contributed by atoms with Gasteiger partial charge < -0.3 is 4.74 Å². The lowest BCUT2D eigenvalue weighted by molar-refractivity contribution is 0.297. The Bertz CT molecular complexity index is 1010. The molecular weight excluding hydrogens is 462 g/mol. The first-order valence-electron chi connectivity index (χ1n) is 14.6. The van der Waals surface area contributed by atoms with E-state index in [0.717, 1.165) is 50.9 Å². The third-order valence-electron chi connectivity index (χ3n) is 8.67. The molecule has 2 fully saturated rings. The molecule has 2 aromatic rings. The lowest BCUT2D eigenvalue weighted by Crippen LogP contribution is -2.15. The zero-order valence-electron chi connectivity index (χ0n) is 22.6. The highest BCUT2D eigenvalue weighted by atomic mass is 19.2. The van der Waals surface area contributed by atoms with E-state index in [2.05, 4.69) is 43.0 Å². The highest BCUT2D eigenvalue weighted by molar-refractivity contribution is 5.33. The van der Waals surface area contributed by atoms with Crippen molar-refractivity contribution in [3.63, 3.8) is 0 Å². The van der Waals surface area contributed by atoms with Gasteiger partial charge in [0.05, 0.1) is 6.61 Å². The number of hydrogen-bond donors (Lipinski definition) is 0. The van der Waals surface area contributed by atoms with Crippen LogP contribution >= 0.6 is 0 Å². The first-order valence-corrected chi connectivity index (χ1v) is 14.6. The third kappa shape index (κ3) is 7.55. The second kappa shape index (κ2) is 13.9. The average molecular weight is 507 g/mol. The normalized spacial score (nSPS) is 24.3. The summed E-state index contributed by atoms with van der Waals surface area (Å²) in [5.41, 5.74) is 3.44. The molecule has 0 radical (unpaired) electrons.